The van der Waals surface area contributed by atoms with E-state index in [0.29, 0.717) is 36.8 Å². The Labute approximate surface area is 183 Å². The zero-order valence-corrected chi connectivity index (χ0v) is 18.2. The van der Waals surface area contributed by atoms with Crippen LogP contribution < -0.4 is 27.7 Å². The summed E-state index contributed by atoms with van der Waals surface area (Å²) in [5.74, 6) is 0.816. The summed E-state index contributed by atoms with van der Waals surface area (Å²) >= 11 is 7.32. The summed E-state index contributed by atoms with van der Waals surface area (Å²) in [7, 11) is 1.67. The molecule has 1 aliphatic carbocycles. The number of nitrogens with two attached hydrogens (primary N) is 3. The Balaban J connectivity index is 1.58. The molecule has 2 fully saturated rings. The van der Waals surface area contributed by atoms with Crippen LogP contribution in [0.2, 0.25) is 5.02 Å². The second kappa shape index (κ2) is 7.90. The fourth-order valence-corrected chi connectivity index (χ4v) is 5.67. The van der Waals surface area contributed by atoms with Crippen LogP contribution in [0.5, 0.6) is 0 Å². The maximum absolute atomic E-state index is 13.9. The first-order chi connectivity index (χ1) is 14.2. The molecule has 2 aliphatic rings. The molecule has 8 nitrogen and oxygen atoms in total. The third-order valence-electron chi connectivity index (χ3n) is 6.31. The van der Waals surface area contributed by atoms with E-state index in [-0.39, 0.29) is 38.6 Å². The van der Waals surface area contributed by atoms with Crippen molar-refractivity contribution in [2.75, 3.05) is 29.5 Å². The molecule has 0 unspecified atom stereocenters. The van der Waals surface area contributed by atoms with E-state index in [1.807, 2.05) is 4.90 Å². The molecule has 30 heavy (non-hydrogen) atoms. The Hall–Kier alpha value is -2.04. The summed E-state index contributed by atoms with van der Waals surface area (Å²) in [6.45, 7) is 1.30. The topological polar surface area (TPSA) is 129 Å². The van der Waals surface area contributed by atoms with Gasteiger partial charge in [-0.15, -0.1) is 0 Å². The first-order valence-corrected chi connectivity index (χ1v) is 11.0. The smallest absolute Gasteiger partial charge is 0.270 e. The molecular formula is C19H25ClFN7OS. The predicted octanol–water partition coefficient (Wildman–Crippen LogP) is 2.19. The van der Waals surface area contributed by atoms with Gasteiger partial charge in [-0.2, -0.15) is 4.98 Å². The molecule has 0 aromatic carbocycles. The van der Waals surface area contributed by atoms with E-state index in [1.54, 1.807) is 13.1 Å². The van der Waals surface area contributed by atoms with Crippen molar-refractivity contribution in [2.24, 2.45) is 18.2 Å². The molecule has 0 amide bonds. The summed E-state index contributed by atoms with van der Waals surface area (Å²) in [6, 6.07) is 1.55. The van der Waals surface area contributed by atoms with Crippen LogP contribution in [-0.4, -0.2) is 39.8 Å². The molecule has 1 saturated carbocycles. The van der Waals surface area contributed by atoms with Gasteiger partial charge < -0.3 is 22.1 Å². The Morgan fingerprint density at radius 2 is 2.00 bits per heavy atom. The second-order valence-corrected chi connectivity index (χ2v) is 9.52. The lowest BCUT2D eigenvalue weighted by Crippen LogP contribution is -2.48. The van der Waals surface area contributed by atoms with Crippen molar-refractivity contribution in [3.05, 3.63) is 27.6 Å². The monoisotopic (exact) mass is 453 g/mol. The molecule has 6 N–H and O–H groups in total. The summed E-state index contributed by atoms with van der Waals surface area (Å²) < 4.78 is 15.4. The zero-order chi connectivity index (χ0) is 21.6. The summed E-state index contributed by atoms with van der Waals surface area (Å²) in [5, 5.41) is 0.272. The number of nitrogen functional groups attached to an aromatic ring is 2. The maximum atomic E-state index is 13.9. The van der Waals surface area contributed by atoms with Crippen molar-refractivity contribution in [2.45, 2.75) is 47.7 Å². The average Bonchev–Trinajstić information content (AvgIpc) is 2.98. The van der Waals surface area contributed by atoms with E-state index < -0.39 is 6.17 Å². The van der Waals surface area contributed by atoms with Crippen LogP contribution in [0.1, 0.15) is 25.7 Å². The molecule has 11 heteroatoms. The highest BCUT2D eigenvalue weighted by Crippen LogP contribution is 2.47. The summed E-state index contributed by atoms with van der Waals surface area (Å²) in [5.41, 5.74) is 17.7. The average molecular weight is 454 g/mol. The molecule has 1 spiro atoms. The number of rotatable bonds is 3. The Kier molecular flexibility index (Phi) is 5.58. The van der Waals surface area contributed by atoms with Crippen LogP contribution in [-0.2, 0) is 7.05 Å². The molecule has 2 aromatic heterocycles. The number of piperidine rings is 1. The van der Waals surface area contributed by atoms with Gasteiger partial charge in [-0.25, -0.2) is 9.37 Å². The number of anilines is 3. The van der Waals surface area contributed by atoms with Crippen molar-refractivity contribution in [1.82, 2.24) is 14.5 Å². The van der Waals surface area contributed by atoms with Gasteiger partial charge in [0.15, 0.2) is 0 Å². The number of aromatic nitrogens is 3. The minimum atomic E-state index is -0.824. The molecule has 1 saturated heterocycles. The standard InChI is InChI=1S/C19H25ClFN7OS/c1-27-17(29)14(30-11-2-5-25-15(23)13(11)20)16(24)26-18(27)28-6-3-19(4-7-28)9-10(21)8-12(19)22/h2,5,10,12H,3-4,6-9,22,24H2,1H3,(H2,23,25)/t10-,12-/m1/s1. The van der Waals surface area contributed by atoms with Gasteiger partial charge in [0.25, 0.3) is 5.56 Å². The van der Waals surface area contributed by atoms with Crippen LogP contribution in [0, 0.1) is 5.41 Å². The molecule has 1 aliphatic heterocycles. The van der Waals surface area contributed by atoms with Crippen LogP contribution in [0.3, 0.4) is 0 Å². The first kappa shape index (κ1) is 21.2. The minimum Gasteiger partial charge on any atom is -0.382 e. The van der Waals surface area contributed by atoms with Gasteiger partial charge in [0.2, 0.25) is 5.95 Å². The number of alkyl halides is 1. The fourth-order valence-electron chi connectivity index (χ4n) is 4.52. The second-order valence-electron chi connectivity index (χ2n) is 8.09. The van der Waals surface area contributed by atoms with E-state index in [2.05, 4.69) is 9.97 Å². The molecule has 3 heterocycles. The van der Waals surface area contributed by atoms with Crippen molar-refractivity contribution in [1.29, 1.82) is 0 Å². The van der Waals surface area contributed by atoms with Crippen LogP contribution >= 0.6 is 23.4 Å². The lowest BCUT2D eigenvalue weighted by molar-refractivity contribution is 0.183. The van der Waals surface area contributed by atoms with Gasteiger partial charge in [-0.1, -0.05) is 23.4 Å². The molecule has 4 rings (SSSR count). The van der Waals surface area contributed by atoms with Crippen LogP contribution in [0.25, 0.3) is 0 Å². The van der Waals surface area contributed by atoms with Crippen molar-refractivity contribution >= 4 is 40.9 Å². The molecule has 162 valence electrons. The Morgan fingerprint density at radius 1 is 1.30 bits per heavy atom. The summed E-state index contributed by atoms with van der Waals surface area (Å²) in [4.78, 5) is 24.3. The van der Waals surface area contributed by atoms with E-state index in [0.717, 1.165) is 24.6 Å². The van der Waals surface area contributed by atoms with Gasteiger partial charge in [0, 0.05) is 37.3 Å². The third-order valence-corrected chi connectivity index (χ3v) is 7.97. The molecular weight excluding hydrogens is 429 g/mol. The molecule has 0 radical (unpaired) electrons. The van der Waals surface area contributed by atoms with Crippen molar-refractivity contribution in [3.63, 3.8) is 0 Å². The first-order valence-electron chi connectivity index (χ1n) is 9.81. The zero-order valence-electron chi connectivity index (χ0n) is 16.6. The predicted molar refractivity (Wildman–Crippen MR) is 118 cm³/mol. The quantitative estimate of drug-likeness (QED) is 0.644. The van der Waals surface area contributed by atoms with Crippen LogP contribution in [0.4, 0.5) is 22.0 Å². The lowest BCUT2D eigenvalue weighted by Gasteiger charge is -2.42. The van der Waals surface area contributed by atoms with Crippen molar-refractivity contribution in [3.8, 4) is 0 Å². The third kappa shape index (κ3) is 3.61. The van der Waals surface area contributed by atoms with Gasteiger partial charge >= 0.3 is 0 Å². The number of nitrogens with zero attached hydrogens (tertiary/aromatic N) is 4. The number of hydrogen-bond acceptors (Lipinski definition) is 8. The number of pyridine rings is 1. The van der Waals surface area contributed by atoms with Gasteiger partial charge in [-0.3, -0.25) is 9.36 Å². The van der Waals surface area contributed by atoms with Crippen molar-refractivity contribution < 1.29 is 4.39 Å². The minimum absolute atomic E-state index is 0.118. The van der Waals surface area contributed by atoms with Crippen LogP contribution in [0.15, 0.2) is 26.8 Å². The lowest BCUT2D eigenvalue weighted by atomic mass is 9.74. The highest BCUT2D eigenvalue weighted by molar-refractivity contribution is 7.99. The maximum Gasteiger partial charge on any atom is 0.270 e. The SMILES string of the molecule is Cn1c(N2CCC3(CC2)C[C@H](F)C[C@H]3N)nc(N)c(Sc2ccnc(N)c2Cl)c1=O. The number of halogens is 2. The summed E-state index contributed by atoms with van der Waals surface area (Å²) in [6.07, 6.45) is 3.18. The Morgan fingerprint density at radius 3 is 2.63 bits per heavy atom. The van der Waals surface area contributed by atoms with E-state index in [1.165, 1.54) is 10.8 Å². The highest BCUT2D eigenvalue weighted by atomic mass is 35.5. The molecule has 0 bridgehead atoms. The van der Waals surface area contributed by atoms with E-state index in [4.69, 9.17) is 28.8 Å². The van der Waals surface area contributed by atoms with E-state index in [9.17, 15) is 9.18 Å². The molecule has 2 aromatic rings. The molecule has 2 atom stereocenters. The number of hydrogen-bond donors (Lipinski definition) is 3. The van der Waals surface area contributed by atoms with Gasteiger partial charge in [0.05, 0.1) is 5.02 Å². The normalized spacial score (nSPS) is 23.3. The Bertz CT molecular complexity index is 1020. The van der Waals surface area contributed by atoms with Gasteiger partial charge in [0.1, 0.15) is 22.7 Å². The van der Waals surface area contributed by atoms with E-state index >= 15 is 0 Å². The van der Waals surface area contributed by atoms with Gasteiger partial charge in [-0.05, 0) is 37.2 Å². The fraction of sp³-hybridized carbons (Fsp3) is 0.526. The highest BCUT2D eigenvalue weighted by Gasteiger charge is 2.47. The largest absolute Gasteiger partial charge is 0.382 e.